The number of hydrogen-bond acceptors (Lipinski definition) is 5. The van der Waals surface area contributed by atoms with Crippen LogP contribution in [0.1, 0.15) is 53.2 Å². The fourth-order valence-corrected chi connectivity index (χ4v) is 4.35. The van der Waals surface area contributed by atoms with Crippen LogP contribution in [0.5, 0.6) is 0 Å². The molecule has 2 aliphatic heterocycles. The first kappa shape index (κ1) is 20.1. The van der Waals surface area contributed by atoms with E-state index in [0.717, 1.165) is 69.8 Å². The molecule has 0 spiro atoms. The third-order valence-electron chi connectivity index (χ3n) is 5.93. The van der Waals surface area contributed by atoms with Gasteiger partial charge in [0.25, 0.3) is 5.91 Å². The summed E-state index contributed by atoms with van der Waals surface area (Å²) in [6.45, 7) is 4.56. The van der Waals surface area contributed by atoms with Crippen molar-refractivity contribution in [1.82, 2.24) is 20.0 Å². The zero-order valence-corrected chi connectivity index (χ0v) is 17.1. The Labute approximate surface area is 172 Å². The number of aromatic nitrogens is 2. The maximum atomic E-state index is 13.0. The number of aliphatic hydroxyl groups is 1. The molecule has 0 saturated carbocycles. The number of likely N-dealkylation sites (tertiary alicyclic amines) is 1. The first-order chi connectivity index (χ1) is 14.1. The number of anilines is 1. The molecule has 2 saturated heterocycles. The van der Waals surface area contributed by atoms with E-state index in [-0.39, 0.29) is 17.9 Å². The van der Waals surface area contributed by atoms with Gasteiger partial charge in [-0.25, -0.2) is 0 Å². The van der Waals surface area contributed by atoms with Crippen LogP contribution in [-0.2, 0) is 13.6 Å². The van der Waals surface area contributed by atoms with Gasteiger partial charge in [0.2, 0.25) is 0 Å². The molecule has 0 bridgehead atoms. The Morgan fingerprint density at radius 1 is 1.31 bits per heavy atom. The Balaban J connectivity index is 1.43. The highest BCUT2D eigenvalue weighted by Gasteiger charge is 2.25. The number of carbonyl (C=O) groups excluding carboxylic acids is 1. The monoisotopic (exact) mass is 397 g/mol. The van der Waals surface area contributed by atoms with Gasteiger partial charge in [-0.05, 0) is 49.9 Å². The summed E-state index contributed by atoms with van der Waals surface area (Å²) in [4.78, 5) is 15.4. The van der Waals surface area contributed by atoms with E-state index in [1.165, 1.54) is 5.56 Å². The number of piperidine rings is 2. The molecule has 7 heteroatoms. The molecule has 1 amide bonds. The predicted octanol–water partition coefficient (Wildman–Crippen LogP) is 2.10. The van der Waals surface area contributed by atoms with Crippen LogP contribution in [0.15, 0.2) is 30.5 Å². The molecule has 3 heterocycles. The lowest BCUT2D eigenvalue weighted by Crippen LogP contribution is -2.35. The zero-order valence-electron chi connectivity index (χ0n) is 17.1. The zero-order chi connectivity index (χ0) is 20.2. The maximum absolute atomic E-state index is 13.0. The molecule has 156 valence electrons. The van der Waals surface area contributed by atoms with Crippen LogP contribution in [-0.4, -0.2) is 58.0 Å². The fraction of sp³-hybridized carbons (Fsp3) is 0.545. The molecule has 29 heavy (non-hydrogen) atoms. The number of hydrogen-bond donors (Lipinski definition) is 3. The Hall–Kier alpha value is -2.22. The van der Waals surface area contributed by atoms with E-state index in [0.29, 0.717) is 5.56 Å². The molecule has 3 N–H and O–H groups in total. The van der Waals surface area contributed by atoms with E-state index in [2.05, 4.69) is 26.7 Å². The molecule has 1 aromatic heterocycles. The smallest absolute Gasteiger partial charge is 0.259 e. The molecule has 2 fully saturated rings. The maximum Gasteiger partial charge on any atom is 0.259 e. The third kappa shape index (κ3) is 5.04. The van der Waals surface area contributed by atoms with Crippen molar-refractivity contribution in [3.8, 4) is 0 Å². The van der Waals surface area contributed by atoms with E-state index in [9.17, 15) is 9.90 Å². The van der Waals surface area contributed by atoms with Crippen LogP contribution < -0.4 is 10.6 Å². The van der Waals surface area contributed by atoms with Crippen molar-refractivity contribution < 1.29 is 9.90 Å². The van der Waals surface area contributed by atoms with E-state index in [4.69, 9.17) is 0 Å². The topological polar surface area (TPSA) is 82.4 Å². The van der Waals surface area contributed by atoms with Crippen molar-refractivity contribution in [1.29, 1.82) is 0 Å². The largest absolute Gasteiger partial charge is 0.393 e. The van der Waals surface area contributed by atoms with Crippen molar-refractivity contribution in [3.63, 3.8) is 0 Å². The quantitative estimate of drug-likeness (QED) is 0.720. The van der Waals surface area contributed by atoms with Gasteiger partial charge in [0.1, 0.15) is 0 Å². The normalized spacial score (nSPS) is 21.2. The Morgan fingerprint density at radius 2 is 2.14 bits per heavy atom. The van der Waals surface area contributed by atoms with E-state index in [1.807, 2.05) is 31.4 Å². The highest BCUT2D eigenvalue weighted by Crippen LogP contribution is 2.26. The lowest BCUT2D eigenvalue weighted by atomic mass is 9.93. The fourth-order valence-electron chi connectivity index (χ4n) is 4.35. The number of benzene rings is 1. The molecule has 4 rings (SSSR count). The second-order valence-corrected chi connectivity index (χ2v) is 8.31. The van der Waals surface area contributed by atoms with Crippen molar-refractivity contribution >= 4 is 11.6 Å². The summed E-state index contributed by atoms with van der Waals surface area (Å²) in [5.41, 5.74) is 3.53. The second kappa shape index (κ2) is 9.07. The summed E-state index contributed by atoms with van der Waals surface area (Å²) in [5.74, 6) is 0.184. The van der Waals surface area contributed by atoms with Crippen LogP contribution in [0.25, 0.3) is 0 Å². The van der Waals surface area contributed by atoms with Gasteiger partial charge in [0.15, 0.2) is 0 Å². The summed E-state index contributed by atoms with van der Waals surface area (Å²) >= 11 is 0. The molecule has 0 radical (unpaired) electrons. The molecule has 0 aliphatic carbocycles. The highest BCUT2D eigenvalue weighted by atomic mass is 16.3. The number of aliphatic hydroxyl groups excluding tert-OH is 1. The number of nitrogens with zero attached hydrogens (tertiary/aromatic N) is 3. The standard InChI is InChI=1S/C22H31N5O2/c1-26-15-20(21(25-26)17-5-3-9-23-13-17)22(29)24-18-6-2-4-16(12-18)14-27-10-7-19(28)8-11-27/h2,4,6,12,15,17,19,23,28H,3,5,7-11,13-14H2,1H3,(H,24,29)/t17-/m0/s1. The number of nitrogens with one attached hydrogen (secondary N) is 2. The van der Waals surface area contributed by atoms with Gasteiger partial charge >= 0.3 is 0 Å². The summed E-state index contributed by atoms with van der Waals surface area (Å²) in [5, 5.41) is 20.7. The number of amides is 1. The van der Waals surface area contributed by atoms with Gasteiger partial charge < -0.3 is 15.7 Å². The molecular weight excluding hydrogens is 366 g/mol. The number of rotatable bonds is 5. The van der Waals surface area contributed by atoms with Crippen molar-refractivity contribution in [3.05, 3.63) is 47.3 Å². The molecule has 2 aliphatic rings. The average Bonchev–Trinajstić information content (AvgIpc) is 3.13. The molecule has 0 unspecified atom stereocenters. The molecule has 1 atom stereocenters. The van der Waals surface area contributed by atoms with E-state index < -0.39 is 0 Å². The van der Waals surface area contributed by atoms with Crippen molar-refractivity contribution in [2.45, 2.75) is 44.2 Å². The molecular formula is C22H31N5O2. The first-order valence-corrected chi connectivity index (χ1v) is 10.6. The van der Waals surface area contributed by atoms with Gasteiger partial charge in [0.05, 0.1) is 17.4 Å². The van der Waals surface area contributed by atoms with Crippen LogP contribution in [0, 0.1) is 0 Å². The second-order valence-electron chi connectivity index (χ2n) is 8.31. The van der Waals surface area contributed by atoms with Gasteiger partial charge in [-0.3, -0.25) is 14.4 Å². The van der Waals surface area contributed by atoms with E-state index >= 15 is 0 Å². The SMILES string of the molecule is Cn1cc(C(=O)Nc2cccc(CN3CCC(O)CC3)c2)c([C@H]2CCCNC2)n1. The predicted molar refractivity (Wildman–Crippen MR) is 113 cm³/mol. The van der Waals surface area contributed by atoms with Crippen LogP contribution in [0.3, 0.4) is 0 Å². The summed E-state index contributed by atoms with van der Waals surface area (Å²) < 4.78 is 1.74. The van der Waals surface area contributed by atoms with Crippen LogP contribution in [0.2, 0.25) is 0 Å². The number of carbonyl (C=O) groups is 1. The Bertz CT molecular complexity index is 835. The highest BCUT2D eigenvalue weighted by molar-refractivity contribution is 6.05. The van der Waals surface area contributed by atoms with Crippen LogP contribution >= 0.6 is 0 Å². The lowest BCUT2D eigenvalue weighted by Gasteiger charge is -2.29. The molecule has 1 aromatic carbocycles. The van der Waals surface area contributed by atoms with E-state index in [1.54, 1.807) is 4.68 Å². The van der Waals surface area contributed by atoms with Gasteiger partial charge in [-0.15, -0.1) is 0 Å². The van der Waals surface area contributed by atoms with Crippen molar-refractivity contribution in [2.24, 2.45) is 7.05 Å². The molecule has 7 nitrogen and oxygen atoms in total. The average molecular weight is 398 g/mol. The van der Waals surface area contributed by atoms with Gasteiger partial charge in [0, 0.05) is 51.0 Å². The Kier molecular flexibility index (Phi) is 6.28. The summed E-state index contributed by atoms with van der Waals surface area (Å²) in [6.07, 6.45) is 5.49. The van der Waals surface area contributed by atoms with Crippen molar-refractivity contribution in [2.75, 3.05) is 31.5 Å². The minimum atomic E-state index is -0.162. The lowest BCUT2D eigenvalue weighted by molar-refractivity contribution is 0.0792. The summed E-state index contributed by atoms with van der Waals surface area (Å²) in [6, 6.07) is 8.05. The molecule has 2 aromatic rings. The number of aryl methyl sites for hydroxylation is 1. The summed E-state index contributed by atoms with van der Waals surface area (Å²) in [7, 11) is 1.87. The van der Waals surface area contributed by atoms with Gasteiger partial charge in [-0.2, -0.15) is 5.10 Å². The third-order valence-corrected chi connectivity index (χ3v) is 5.93. The van der Waals surface area contributed by atoms with Gasteiger partial charge in [-0.1, -0.05) is 12.1 Å². The first-order valence-electron chi connectivity index (χ1n) is 10.6. The Morgan fingerprint density at radius 3 is 2.90 bits per heavy atom. The van der Waals surface area contributed by atoms with Crippen LogP contribution in [0.4, 0.5) is 5.69 Å². The minimum absolute atomic E-state index is 0.100. The minimum Gasteiger partial charge on any atom is -0.393 e.